The van der Waals surface area contributed by atoms with Crippen molar-refractivity contribution in [3.05, 3.63) is 71.0 Å². The molecule has 0 bridgehead atoms. The summed E-state index contributed by atoms with van der Waals surface area (Å²) < 4.78 is 13.0. The highest BCUT2D eigenvalue weighted by molar-refractivity contribution is 5.94. The van der Waals surface area contributed by atoms with E-state index in [4.69, 9.17) is 0 Å². The van der Waals surface area contributed by atoms with Crippen LogP contribution >= 0.6 is 0 Å². The molecule has 0 spiro atoms. The minimum Gasteiger partial charge on any atom is -0.352 e. The summed E-state index contributed by atoms with van der Waals surface area (Å²) in [6.45, 7) is 3.53. The number of halogens is 1. The number of carbonyl (C=O) groups is 2. The molecule has 1 aliphatic heterocycles. The van der Waals surface area contributed by atoms with Crippen molar-refractivity contribution in [1.29, 1.82) is 0 Å². The van der Waals surface area contributed by atoms with Crippen LogP contribution in [-0.2, 0) is 11.3 Å². The molecule has 1 heterocycles. The molecule has 0 aliphatic carbocycles. The molecule has 136 valence electrons. The Kier molecular flexibility index (Phi) is 5.66. The number of benzene rings is 2. The van der Waals surface area contributed by atoms with Gasteiger partial charge in [-0.05, 0) is 49.6 Å². The Bertz CT molecular complexity index is 772. The molecule has 0 saturated carbocycles. The van der Waals surface area contributed by atoms with Crippen LogP contribution in [0.5, 0.6) is 0 Å². The van der Waals surface area contributed by atoms with Gasteiger partial charge < -0.3 is 10.2 Å². The van der Waals surface area contributed by atoms with Crippen LogP contribution in [-0.4, -0.2) is 29.8 Å². The van der Waals surface area contributed by atoms with E-state index >= 15 is 0 Å². The van der Waals surface area contributed by atoms with E-state index in [1.165, 1.54) is 29.8 Å². The number of piperidine rings is 1. The molecule has 2 aromatic rings. The van der Waals surface area contributed by atoms with E-state index in [1.807, 2.05) is 31.2 Å². The number of nitrogens with one attached hydrogen (secondary N) is 1. The largest absolute Gasteiger partial charge is 0.352 e. The van der Waals surface area contributed by atoms with Gasteiger partial charge in [-0.3, -0.25) is 9.59 Å². The molecule has 1 fully saturated rings. The fourth-order valence-electron chi connectivity index (χ4n) is 3.19. The van der Waals surface area contributed by atoms with Crippen LogP contribution in [0.15, 0.2) is 48.5 Å². The van der Waals surface area contributed by atoms with Gasteiger partial charge in [0.1, 0.15) is 5.82 Å². The quantitative estimate of drug-likeness (QED) is 0.916. The van der Waals surface area contributed by atoms with Crippen LogP contribution in [0.1, 0.15) is 34.3 Å². The third-order valence-corrected chi connectivity index (χ3v) is 4.76. The number of hydrogen-bond acceptors (Lipinski definition) is 2. The molecule has 26 heavy (non-hydrogen) atoms. The maximum Gasteiger partial charge on any atom is 0.253 e. The second kappa shape index (κ2) is 8.13. The summed E-state index contributed by atoms with van der Waals surface area (Å²) in [6, 6.07) is 13.6. The molecule has 2 aromatic carbocycles. The molecule has 1 saturated heterocycles. The van der Waals surface area contributed by atoms with Gasteiger partial charge in [-0.15, -0.1) is 0 Å². The summed E-state index contributed by atoms with van der Waals surface area (Å²) >= 11 is 0. The van der Waals surface area contributed by atoms with Crippen molar-refractivity contribution in [2.24, 2.45) is 5.92 Å². The minimum atomic E-state index is -0.367. The van der Waals surface area contributed by atoms with E-state index in [1.54, 1.807) is 4.90 Å². The topological polar surface area (TPSA) is 49.4 Å². The summed E-state index contributed by atoms with van der Waals surface area (Å²) in [5.41, 5.74) is 2.69. The van der Waals surface area contributed by atoms with Gasteiger partial charge in [0, 0.05) is 25.2 Å². The van der Waals surface area contributed by atoms with Crippen LogP contribution in [0.25, 0.3) is 0 Å². The fourth-order valence-corrected chi connectivity index (χ4v) is 3.19. The fraction of sp³-hybridized carbons (Fsp3) is 0.333. The Morgan fingerprint density at radius 3 is 2.50 bits per heavy atom. The zero-order valence-corrected chi connectivity index (χ0v) is 14.9. The highest BCUT2D eigenvalue weighted by Gasteiger charge is 2.28. The highest BCUT2D eigenvalue weighted by atomic mass is 19.1. The predicted molar refractivity (Wildman–Crippen MR) is 98.1 cm³/mol. The van der Waals surface area contributed by atoms with Crippen LogP contribution in [0.3, 0.4) is 0 Å². The second-order valence-electron chi connectivity index (χ2n) is 6.80. The first kappa shape index (κ1) is 18.1. The van der Waals surface area contributed by atoms with Gasteiger partial charge in [-0.25, -0.2) is 4.39 Å². The number of hydrogen-bond donors (Lipinski definition) is 1. The van der Waals surface area contributed by atoms with Crippen LogP contribution in [0, 0.1) is 18.7 Å². The number of carbonyl (C=O) groups excluding carboxylic acids is 2. The highest BCUT2D eigenvalue weighted by Crippen LogP contribution is 2.19. The first-order chi connectivity index (χ1) is 12.5. The van der Waals surface area contributed by atoms with E-state index in [0.29, 0.717) is 25.2 Å². The van der Waals surface area contributed by atoms with Gasteiger partial charge in [0.05, 0.1) is 5.92 Å². The molecule has 1 unspecified atom stereocenters. The molecule has 1 atom stereocenters. The minimum absolute atomic E-state index is 0.0258. The Labute approximate surface area is 153 Å². The average molecular weight is 354 g/mol. The van der Waals surface area contributed by atoms with E-state index in [9.17, 15) is 14.0 Å². The number of amides is 2. The molecular weight excluding hydrogens is 331 g/mol. The first-order valence-corrected chi connectivity index (χ1v) is 8.91. The standard InChI is InChI=1S/C21H23FN2O2/c1-15-4-6-16(7-5-15)13-23-20(25)18-3-2-12-24(14-18)21(26)17-8-10-19(22)11-9-17/h4-11,18H,2-3,12-14H2,1H3,(H,23,25). The zero-order valence-electron chi connectivity index (χ0n) is 14.9. The van der Waals surface area contributed by atoms with Crippen molar-refractivity contribution in [3.63, 3.8) is 0 Å². The normalized spacial score (nSPS) is 17.0. The number of rotatable bonds is 4. The third kappa shape index (κ3) is 4.48. The molecule has 0 radical (unpaired) electrons. The summed E-state index contributed by atoms with van der Waals surface area (Å²) in [4.78, 5) is 26.7. The smallest absolute Gasteiger partial charge is 0.253 e. The van der Waals surface area contributed by atoms with Gasteiger partial charge >= 0.3 is 0 Å². The van der Waals surface area contributed by atoms with Crippen LogP contribution in [0.4, 0.5) is 4.39 Å². The van der Waals surface area contributed by atoms with Crippen molar-refractivity contribution in [2.45, 2.75) is 26.3 Å². The summed E-state index contributed by atoms with van der Waals surface area (Å²) in [6.07, 6.45) is 1.56. The lowest BCUT2D eigenvalue weighted by Crippen LogP contribution is -2.45. The van der Waals surface area contributed by atoms with E-state index in [0.717, 1.165) is 18.4 Å². The average Bonchev–Trinajstić information content (AvgIpc) is 2.67. The predicted octanol–water partition coefficient (Wildman–Crippen LogP) is 3.30. The molecular formula is C21H23FN2O2. The summed E-state index contributed by atoms with van der Waals surface area (Å²) in [7, 11) is 0. The van der Waals surface area contributed by atoms with Gasteiger partial charge in [-0.2, -0.15) is 0 Å². The summed E-state index contributed by atoms with van der Waals surface area (Å²) in [5.74, 6) is -0.754. The van der Waals surface area contributed by atoms with Crippen LogP contribution < -0.4 is 5.32 Å². The van der Waals surface area contributed by atoms with Crippen LogP contribution in [0.2, 0.25) is 0 Å². The van der Waals surface area contributed by atoms with E-state index < -0.39 is 0 Å². The van der Waals surface area contributed by atoms with Gasteiger partial charge in [0.2, 0.25) is 5.91 Å². The Hall–Kier alpha value is -2.69. The van der Waals surface area contributed by atoms with Crippen molar-refractivity contribution in [3.8, 4) is 0 Å². The lowest BCUT2D eigenvalue weighted by molar-refractivity contribution is -0.126. The molecule has 5 heteroatoms. The summed E-state index contributed by atoms with van der Waals surface area (Å²) in [5, 5.41) is 2.97. The molecule has 0 aromatic heterocycles. The zero-order chi connectivity index (χ0) is 18.5. The van der Waals surface area contributed by atoms with Gasteiger partial charge in [0.15, 0.2) is 0 Å². The number of aryl methyl sites for hydroxylation is 1. The van der Waals surface area contributed by atoms with Crippen molar-refractivity contribution in [1.82, 2.24) is 10.2 Å². The first-order valence-electron chi connectivity index (χ1n) is 8.91. The second-order valence-corrected chi connectivity index (χ2v) is 6.80. The lowest BCUT2D eigenvalue weighted by atomic mass is 9.96. The van der Waals surface area contributed by atoms with Crippen molar-refractivity contribution < 1.29 is 14.0 Å². The molecule has 2 amide bonds. The van der Waals surface area contributed by atoms with Gasteiger partial charge in [-0.1, -0.05) is 29.8 Å². The van der Waals surface area contributed by atoms with Crippen molar-refractivity contribution in [2.75, 3.05) is 13.1 Å². The maximum absolute atomic E-state index is 13.0. The third-order valence-electron chi connectivity index (χ3n) is 4.76. The lowest BCUT2D eigenvalue weighted by Gasteiger charge is -2.32. The van der Waals surface area contributed by atoms with Gasteiger partial charge in [0.25, 0.3) is 5.91 Å². The van der Waals surface area contributed by atoms with E-state index in [-0.39, 0.29) is 23.5 Å². The molecule has 1 N–H and O–H groups in total. The Balaban J connectivity index is 1.57. The number of likely N-dealkylation sites (tertiary alicyclic amines) is 1. The Morgan fingerprint density at radius 2 is 1.81 bits per heavy atom. The molecule has 3 rings (SSSR count). The molecule has 4 nitrogen and oxygen atoms in total. The molecule has 1 aliphatic rings. The number of nitrogens with zero attached hydrogens (tertiary/aromatic N) is 1. The monoisotopic (exact) mass is 354 g/mol. The Morgan fingerprint density at radius 1 is 1.12 bits per heavy atom. The van der Waals surface area contributed by atoms with E-state index in [2.05, 4.69) is 5.32 Å². The maximum atomic E-state index is 13.0. The SMILES string of the molecule is Cc1ccc(CNC(=O)C2CCCN(C(=O)c3ccc(F)cc3)C2)cc1. The van der Waals surface area contributed by atoms with Crippen molar-refractivity contribution >= 4 is 11.8 Å².